The second kappa shape index (κ2) is 3.51. The van der Waals surface area contributed by atoms with E-state index < -0.39 is 0 Å². The fourth-order valence-electron chi connectivity index (χ4n) is 0.980. The quantitative estimate of drug-likeness (QED) is 0.540. The zero-order chi connectivity index (χ0) is 6.53. The molecule has 1 fully saturated rings. The number of piperazine rings is 1. The lowest BCUT2D eigenvalue weighted by Crippen LogP contribution is -2.40. The molecule has 1 radical (unpaired) electrons. The summed E-state index contributed by atoms with van der Waals surface area (Å²) in [6.45, 7) is 8.07. The smallest absolute Gasteiger partial charge is 0.0298 e. The Labute approximate surface area is 56.5 Å². The van der Waals surface area contributed by atoms with Gasteiger partial charge in [0.15, 0.2) is 0 Å². The number of hydrogen-bond acceptors (Lipinski definition) is 2. The van der Waals surface area contributed by atoms with Gasteiger partial charge in [-0.1, -0.05) is 6.08 Å². The Morgan fingerprint density at radius 3 is 2.56 bits per heavy atom. The van der Waals surface area contributed by atoms with E-state index in [1.165, 1.54) is 0 Å². The van der Waals surface area contributed by atoms with E-state index in [9.17, 15) is 0 Å². The summed E-state index contributed by atoms with van der Waals surface area (Å²) >= 11 is 0. The van der Waals surface area contributed by atoms with Crippen molar-refractivity contribution in [1.29, 1.82) is 0 Å². The molecule has 1 aliphatic heterocycles. The lowest BCUT2D eigenvalue weighted by Gasteiger charge is -2.25. The van der Waals surface area contributed by atoms with Gasteiger partial charge in [0, 0.05) is 26.2 Å². The van der Waals surface area contributed by atoms with Gasteiger partial charge in [0.05, 0.1) is 0 Å². The van der Waals surface area contributed by atoms with E-state index in [0.717, 1.165) is 26.2 Å². The number of rotatable bonds is 1. The Morgan fingerprint density at radius 2 is 2.00 bits per heavy atom. The van der Waals surface area contributed by atoms with Gasteiger partial charge in [0.1, 0.15) is 0 Å². The summed E-state index contributed by atoms with van der Waals surface area (Å²) in [7, 11) is 0. The zero-order valence-electron chi connectivity index (χ0n) is 5.64. The molecule has 1 heterocycles. The second-order valence-electron chi connectivity index (χ2n) is 2.17. The predicted octanol–water partition coefficient (Wildman–Crippen LogP) is 0.239. The van der Waals surface area contributed by atoms with Gasteiger partial charge in [-0.05, 0) is 13.1 Å². The molecule has 0 aliphatic carbocycles. The first-order valence-corrected chi connectivity index (χ1v) is 3.34. The molecule has 1 saturated heterocycles. The van der Waals surface area contributed by atoms with Crippen molar-refractivity contribution in [2.45, 2.75) is 0 Å². The molecule has 0 aromatic rings. The number of nitrogens with one attached hydrogen (secondary N) is 1. The minimum atomic E-state index is 1.10. The third-order valence-electron chi connectivity index (χ3n) is 1.47. The molecule has 0 bridgehead atoms. The second-order valence-corrected chi connectivity index (χ2v) is 2.17. The first kappa shape index (κ1) is 6.62. The fraction of sp³-hybridized carbons (Fsp3) is 0.571. The minimum Gasteiger partial charge on any atom is -0.375 e. The Hall–Kier alpha value is -0.500. The normalized spacial score (nSPS) is 21.2. The summed E-state index contributed by atoms with van der Waals surface area (Å²) in [6.07, 6.45) is 3.88. The highest BCUT2D eigenvalue weighted by atomic mass is 15.2. The fourth-order valence-corrected chi connectivity index (χ4v) is 0.980. The number of hydrogen-bond donors (Lipinski definition) is 1. The molecular formula is C7H13N2. The summed E-state index contributed by atoms with van der Waals surface area (Å²) in [4.78, 5) is 2.27. The van der Waals surface area contributed by atoms with Crippen LogP contribution in [0.5, 0.6) is 0 Å². The van der Waals surface area contributed by atoms with E-state index in [-0.39, 0.29) is 0 Å². The van der Waals surface area contributed by atoms with Crippen molar-refractivity contribution in [3.05, 3.63) is 19.2 Å². The summed E-state index contributed by atoms with van der Waals surface area (Å²) in [5.74, 6) is 0. The topological polar surface area (TPSA) is 15.3 Å². The van der Waals surface area contributed by atoms with Crippen LogP contribution in [0.25, 0.3) is 0 Å². The molecule has 9 heavy (non-hydrogen) atoms. The molecule has 1 N–H and O–H groups in total. The van der Waals surface area contributed by atoms with Crippen LogP contribution < -0.4 is 5.32 Å². The van der Waals surface area contributed by atoms with Crippen LogP contribution in [-0.4, -0.2) is 31.1 Å². The lowest BCUT2D eigenvalue weighted by molar-refractivity contribution is 0.324. The molecule has 0 aromatic carbocycles. The first-order valence-electron chi connectivity index (χ1n) is 3.34. The van der Waals surface area contributed by atoms with Gasteiger partial charge < -0.3 is 10.2 Å². The van der Waals surface area contributed by atoms with Crippen LogP contribution in [0.4, 0.5) is 0 Å². The highest BCUT2D eigenvalue weighted by Gasteiger charge is 2.02. The molecule has 0 aromatic heterocycles. The van der Waals surface area contributed by atoms with Crippen LogP contribution in [0.15, 0.2) is 12.3 Å². The summed E-state index contributed by atoms with van der Waals surface area (Å²) < 4.78 is 0. The van der Waals surface area contributed by atoms with Crippen LogP contribution in [0, 0.1) is 6.92 Å². The van der Waals surface area contributed by atoms with Gasteiger partial charge in [-0.3, -0.25) is 0 Å². The molecule has 2 heteroatoms. The molecule has 1 rings (SSSR count). The number of allylic oxidation sites excluding steroid dienone is 1. The van der Waals surface area contributed by atoms with E-state index in [2.05, 4.69) is 17.1 Å². The van der Waals surface area contributed by atoms with Crippen molar-refractivity contribution in [3.8, 4) is 0 Å². The highest BCUT2D eigenvalue weighted by Crippen LogP contribution is 1.91. The minimum absolute atomic E-state index is 1.10. The van der Waals surface area contributed by atoms with Crippen LogP contribution in [0.1, 0.15) is 0 Å². The standard InChI is InChI=1S/C7H13N2/c1-2-5-9-6-3-8-4-7-9/h2,5,8H,1,3-4,6-7H2/b5-2+. The van der Waals surface area contributed by atoms with Gasteiger partial charge in [0.25, 0.3) is 0 Å². The molecule has 0 unspecified atom stereocenters. The highest BCUT2D eigenvalue weighted by molar-refractivity contribution is 4.86. The van der Waals surface area contributed by atoms with E-state index in [0.29, 0.717) is 0 Å². The Kier molecular flexibility index (Phi) is 2.58. The monoisotopic (exact) mass is 125 g/mol. The summed E-state index contributed by atoms with van der Waals surface area (Å²) in [5, 5.41) is 3.28. The average Bonchev–Trinajstić information content (AvgIpc) is 1.91. The predicted molar refractivity (Wildman–Crippen MR) is 38.9 cm³/mol. The Bertz CT molecular complexity index is 93.1. The molecule has 0 saturated carbocycles. The van der Waals surface area contributed by atoms with Crippen molar-refractivity contribution in [3.63, 3.8) is 0 Å². The van der Waals surface area contributed by atoms with E-state index in [1.807, 2.05) is 12.3 Å². The molecule has 0 amide bonds. The van der Waals surface area contributed by atoms with Gasteiger partial charge >= 0.3 is 0 Å². The first-order chi connectivity index (χ1) is 4.43. The molecule has 2 nitrogen and oxygen atoms in total. The molecule has 1 aliphatic rings. The third-order valence-corrected chi connectivity index (χ3v) is 1.47. The average molecular weight is 125 g/mol. The maximum absolute atomic E-state index is 3.64. The van der Waals surface area contributed by atoms with Crippen LogP contribution in [0.3, 0.4) is 0 Å². The van der Waals surface area contributed by atoms with Crippen LogP contribution in [-0.2, 0) is 0 Å². The van der Waals surface area contributed by atoms with Crippen molar-refractivity contribution in [2.24, 2.45) is 0 Å². The molecular weight excluding hydrogens is 112 g/mol. The van der Waals surface area contributed by atoms with Crippen molar-refractivity contribution in [1.82, 2.24) is 10.2 Å². The van der Waals surface area contributed by atoms with Gasteiger partial charge in [-0.15, -0.1) is 0 Å². The maximum Gasteiger partial charge on any atom is 0.0298 e. The van der Waals surface area contributed by atoms with E-state index in [4.69, 9.17) is 0 Å². The van der Waals surface area contributed by atoms with Crippen LogP contribution in [0.2, 0.25) is 0 Å². The maximum atomic E-state index is 3.64. The van der Waals surface area contributed by atoms with Crippen LogP contribution >= 0.6 is 0 Å². The molecule has 0 spiro atoms. The lowest BCUT2D eigenvalue weighted by atomic mass is 10.4. The third kappa shape index (κ3) is 2.06. The van der Waals surface area contributed by atoms with Crippen molar-refractivity contribution in [2.75, 3.05) is 26.2 Å². The Morgan fingerprint density at radius 1 is 1.33 bits per heavy atom. The van der Waals surface area contributed by atoms with E-state index >= 15 is 0 Å². The van der Waals surface area contributed by atoms with Gasteiger partial charge in [-0.2, -0.15) is 0 Å². The summed E-state index contributed by atoms with van der Waals surface area (Å²) in [5.41, 5.74) is 0. The van der Waals surface area contributed by atoms with Crippen molar-refractivity contribution >= 4 is 0 Å². The largest absolute Gasteiger partial charge is 0.375 e. The van der Waals surface area contributed by atoms with E-state index in [1.54, 1.807) is 0 Å². The Balaban J connectivity index is 2.23. The van der Waals surface area contributed by atoms with Gasteiger partial charge in [-0.25, -0.2) is 0 Å². The SMILES string of the molecule is [CH2]/C=C/N1CCNCC1. The number of nitrogens with zero attached hydrogens (tertiary/aromatic N) is 1. The van der Waals surface area contributed by atoms with Gasteiger partial charge in [0.2, 0.25) is 0 Å². The molecule has 51 valence electrons. The summed E-state index contributed by atoms with van der Waals surface area (Å²) in [6, 6.07) is 0. The zero-order valence-corrected chi connectivity index (χ0v) is 5.64. The van der Waals surface area contributed by atoms with Crippen molar-refractivity contribution < 1.29 is 0 Å². The molecule has 0 atom stereocenters.